The fourth-order valence-corrected chi connectivity index (χ4v) is 2.23. The predicted octanol–water partition coefficient (Wildman–Crippen LogP) is 2.52. The molecule has 1 amide bonds. The molecule has 1 N–H and O–H groups in total. The maximum atomic E-state index is 11.9. The van der Waals surface area contributed by atoms with Crippen LogP contribution in [-0.4, -0.2) is 30.7 Å². The van der Waals surface area contributed by atoms with Gasteiger partial charge in [-0.2, -0.15) is 0 Å². The van der Waals surface area contributed by atoms with Crippen molar-refractivity contribution in [3.8, 4) is 0 Å². The molecule has 0 aliphatic carbocycles. The Morgan fingerprint density at radius 3 is 2.81 bits per heavy atom. The Morgan fingerprint density at radius 1 is 1.38 bits per heavy atom. The van der Waals surface area contributed by atoms with E-state index in [2.05, 4.69) is 5.32 Å². The molecule has 1 aromatic carbocycles. The normalized spacial score (nSPS) is 19.0. The van der Waals surface area contributed by atoms with E-state index in [4.69, 9.17) is 9.47 Å². The van der Waals surface area contributed by atoms with Crippen molar-refractivity contribution in [1.82, 2.24) is 0 Å². The van der Waals surface area contributed by atoms with Crippen LogP contribution in [0.25, 0.3) is 0 Å². The van der Waals surface area contributed by atoms with Crippen molar-refractivity contribution >= 4 is 17.6 Å². The van der Waals surface area contributed by atoms with Crippen LogP contribution in [0.2, 0.25) is 0 Å². The largest absolute Gasteiger partial charge is 0.453 e. The Morgan fingerprint density at radius 2 is 2.14 bits per heavy atom. The van der Waals surface area contributed by atoms with Gasteiger partial charge in [-0.1, -0.05) is 18.2 Å². The molecular weight excluding hydrogens is 270 g/mol. The topological polar surface area (TPSA) is 64.6 Å². The van der Waals surface area contributed by atoms with Crippen LogP contribution < -0.4 is 5.32 Å². The first-order valence-electron chi connectivity index (χ1n) is 7.32. The fraction of sp³-hybridized carbons (Fsp3) is 0.500. The van der Waals surface area contributed by atoms with Gasteiger partial charge < -0.3 is 14.8 Å². The molecule has 114 valence electrons. The van der Waals surface area contributed by atoms with Crippen LogP contribution in [0.3, 0.4) is 0 Å². The van der Waals surface area contributed by atoms with Crippen LogP contribution in [0.1, 0.15) is 32.6 Å². The molecule has 1 aliphatic rings. The van der Waals surface area contributed by atoms with Crippen molar-refractivity contribution < 1.29 is 19.1 Å². The van der Waals surface area contributed by atoms with Gasteiger partial charge in [-0.25, -0.2) is 0 Å². The average molecular weight is 291 g/mol. The SMILES string of the molecule is CC(OC(=O)CCC1CCCO1)C(=O)Nc1ccccc1. The lowest BCUT2D eigenvalue weighted by molar-refractivity contribution is -0.153. The maximum Gasteiger partial charge on any atom is 0.306 e. The summed E-state index contributed by atoms with van der Waals surface area (Å²) in [5.41, 5.74) is 0.685. The van der Waals surface area contributed by atoms with Crippen LogP contribution in [0.4, 0.5) is 5.69 Å². The van der Waals surface area contributed by atoms with Crippen LogP contribution >= 0.6 is 0 Å². The summed E-state index contributed by atoms with van der Waals surface area (Å²) in [5.74, 6) is -0.687. The van der Waals surface area contributed by atoms with Gasteiger partial charge in [-0.05, 0) is 38.3 Å². The summed E-state index contributed by atoms with van der Waals surface area (Å²) in [6, 6.07) is 9.08. The molecule has 1 aromatic rings. The van der Waals surface area contributed by atoms with Gasteiger partial charge in [-0.3, -0.25) is 9.59 Å². The van der Waals surface area contributed by atoms with E-state index in [9.17, 15) is 9.59 Å². The summed E-state index contributed by atoms with van der Waals surface area (Å²) >= 11 is 0. The van der Waals surface area contributed by atoms with E-state index in [0.717, 1.165) is 19.4 Å². The third kappa shape index (κ3) is 5.19. The molecule has 2 atom stereocenters. The maximum absolute atomic E-state index is 11.9. The number of carbonyl (C=O) groups is 2. The van der Waals surface area contributed by atoms with Crippen LogP contribution in [-0.2, 0) is 19.1 Å². The Hall–Kier alpha value is -1.88. The number of nitrogens with one attached hydrogen (secondary N) is 1. The molecule has 0 bridgehead atoms. The summed E-state index contributed by atoms with van der Waals surface area (Å²) in [5, 5.41) is 2.70. The molecule has 1 heterocycles. The second-order valence-electron chi connectivity index (χ2n) is 5.16. The first-order valence-corrected chi connectivity index (χ1v) is 7.32. The van der Waals surface area contributed by atoms with E-state index in [1.807, 2.05) is 18.2 Å². The van der Waals surface area contributed by atoms with Crippen LogP contribution in [0.5, 0.6) is 0 Å². The Bertz CT molecular complexity index is 468. The number of hydrogen-bond acceptors (Lipinski definition) is 4. The molecule has 0 saturated carbocycles. The highest BCUT2D eigenvalue weighted by atomic mass is 16.5. The number of esters is 1. The number of ether oxygens (including phenoxy) is 2. The third-order valence-electron chi connectivity index (χ3n) is 3.41. The second-order valence-corrected chi connectivity index (χ2v) is 5.16. The van der Waals surface area contributed by atoms with E-state index < -0.39 is 6.10 Å². The summed E-state index contributed by atoms with van der Waals surface area (Å²) < 4.78 is 10.6. The zero-order valence-corrected chi connectivity index (χ0v) is 12.2. The molecule has 2 unspecified atom stereocenters. The van der Waals surface area contributed by atoms with E-state index >= 15 is 0 Å². The van der Waals surface area contributed by atoms with E-state index in [1.54, 1.807) is 19.1 Å². The quantitative estimate of drug-likeness (QED) is 0.818. The first-order chi connectivity index (χ1) is 10.1. The lowest BCUT2D eigenvalue weighted by Gasteiger charge is -2.14. The minimum atomic E-state index is -0.804. The van der Waals surface area contributed by atoms with Crippen molar-refractivity contribution in [2.24, 2.45) is 0 Å². The van der Waals surface area contributed by atoms with Crippen LogP contribution in [0, 0.1) is 0 Å². The Labute approximate surface area is 124 Å². The molecule has 5 nitrogen and oxygen atoms in total. The lowest BCUT2D eigenvalue weighted by Crippen LogP contribution is -2.30. The van der Waals surface area contributed by atoms with Gasteiger partial charge in [0, 0.05) is 18.7 Å². The molecule has 1 aliphatic heterocycles. The molecule has 2 rings (SSSR count). The molecule has 1 saturated heterocycles. The average Bonchev–Trinajstić information content (AvgIpc) is 2.99. The van der Waals surface area contributed by atoms with Crippen molar-refractivity contribution in [1.29, 1.82) is 0 Å². The molecule has 0 radical (unpaired) electrons. The number of amides is 1. The van der Waals surface area contributed by atoms with Gasteiger partial charge in [0.1, 0.15) is 0 Å². The lowest BCUT2D eigenvalue weighted by atomic mass is 10.1. The molecule has 0 aromatic heterocycles. The summed E-state index contributed by atoms with van der Waals surface area (Å²) in [6.45, 7) is 2.35. The molecule has 5 heteroatoms. The number of benzene rings is 1. The highest BCUT2D eigenvalue weighted by Gasteiger charge is 2.20. The number of anilines is 1. The van der Waals surface area contributed by atoms with Crippen LogP contribution in [0.15, 0.2) is 30.3 Å². The van der Waals surface area contributed by atoms with Gasteiger partial charge in [0.05, 0.1) is 6.10 Å². The van der Waals surface area contributed by atoms with Gasteiger partial charge in [0.15, 0.2) is 6.10 Å². The number of carbonyl (C=O) groups excluding carboxylic acids is 2. The second kappa shape index (κ2) is 7.78. The van der Waals surface area contributed by atoms with Crippen molar-refractivity contribution in [2.45, 2.75) is 44.8 Å². The Balaban J connectivity index is 1.70. The van der Waals surface area contributed by atoms with E-state index in [1.165, 1.54) is 0 Å². The zero-order valence-electron chi connectivity index (χ0n) is 12.2. The standard InChI is InChI=1S/C16H21NO4/c1-12(16(19)17-13-6-3-2-4-7-13)21-15(18)10-9-14-8-5-11-20-14/h2-4,6-7,12,14H,5,8-11H2,1H3,(H,17,19). The first kappa shape index (κ1) is 15.5. The van der Waals surface area contributed by atoms with Crippen molar-refractivity contribution in [3.63, 3.8) is 0 Å². The summed E-state index contributed by atoms with van der Waals surface area (Å²) in [7, 11) is 0. The number of hydrogen-bond donors (Lipinski definition) is 1. The molecule has 0 spiro atoms. The number of para-hydroxylation sites is 1. The van der Waals surface area contributed by atoms with Gasteiger partial charge >= 0.3 is 5.97 Å². The molecule has 21 heavy (non-hydrogen) atoms. The highest BCUT2D eigenvalue weighted by molar-refractivity contribution is 5.95. The predicted molar refractivity (Wildman–Crippen MR) is 78.8 cm³/mol. The summed E-state index contributed by atoms with van der Waals surface area (Å²) in [4.78, 5) is 23.6. The minimum absolute atomic E-state index is 0.158. The van der Waals surface area contributed by atoms with Gasteiger partial charge in [-0.15, -0.1) is 0 Å². The molecule has 1 fully saturated rings. The van der Waals surface area contributed by atoms with Crippen molar-refractivity contribution in [3.05, 3.63) is 30.3 Å². The van der Waals surface area contributed by atoms with Gasteiger partial charge in [0.25, 0.3) is 5.91 Å². The fourth-order valence-electron chi connectivity index (χ4n) is 2.23. The smallest absolute Gasteiger partial charge is 0.306 e. The Kier molecular flexibility index (Phi) is 5.75. The van der Waals surface area contributed by atoms with E-state index in [-0.39, 0.29) is 24.4 Å². The number of rotatable bonds is 6. The van der Waals surface area contributed by atoms with Gasteiger partial charge in [0.2, 0.25) is 0 Å². The molecular formula is C16H21NO4. The highest BCUT2D eigenvalue weighted by Crippen LogP contribution is 2.17. The third-order valence-corrected chi connectivity index (χ3v) is 3.41. The van der Waals surface area contributed by atoms with E-state index in [0.29, 0.717) is 12.1 Å². The summed E-state index contributed by atoms with van der Waals surface area (Å²) in [6.07, 6.45) is 2.35. The van der Waals surface area contributed by atoms with Crippen molar-refractivity contribution in [2.75, 3.05) is 11.9 Å². The monoisotopic (exact) mass is 291 g/mol. The minimum Gasteiger partial charge on any atom is -0.453 e. The zero-order chi connectivity index (χ0) is 15.1.